The van der Waals surface area contributed by atoms with Gasteiger partial charge in [0.15, 0.2) is 5.13 Å². The van der Waals surface area contributed by atoms with E-state index >= 15 is 0 Å². The van der Waals surface area contributed by atoms with E-state index in [1.54, 1.807) is 11.3 Å². The highest BCUT2D eigenvalue weighted by Crippen LogP contribution is 2.30. The van der Waals surface area contributed by atoms with Crippen molar-refractivity contribution in [3.8, 4) is 0 Å². The van der Waals surface area contributed by atoms with Crippen molar-refractivity contribution in [1.82, 2.24) is 10.3 Å². The van der Waals surface area contributed by atoms with Crippen LogP contribution in [-0.2, 0) is 0 Å². The molecule has 3 rings (SSSR count). The summed E-state index contributed by atoms with van der Waals surface area (Å²) >= 11 is 1.80. The Morgan fingerprint density at radius 3 is 2.88 bits per heavy atom. The zero-order valence-electron chi connectivity index (χ0n) is 9.36. The number of benzene rings is 1. The lowest BCUT2D eigenvalue weighted by molar-refractivity contribution is 0.588. The maximum absolute atomic E-state index is 4.75. The van der Waals surface area contributed by atoms with Crippen molar-refractivity contribution in [1.29, 1.82) is 0 Å². The molecule has 0 saturated carbocycles. The average Bonchev–Trinajstić information content (AvgIpc) is 2.76. The fourth-order valence-electron chi connectivity index (χ4n) is 2.07. The summed E-state index contributed by atoms with van der Waals surface area (Å²) in [6, 6.07) is 6.40. The molecule has 0 amide bonds. The number of piperazine rings is 1. The van der Waals surface area contributed by atoms with Crippen molar-refractivity contribution in [2.24, 2.45) is 0 Å². The number of hydrogen-bond donors (Lipinski definition) is 1. The Bertz CT molecular complexity index is 500. The first-order chi connectivity index (χ1) is 7.84. The van der Waals surface area contributed by atoms with E-state index in [2.05, 4.69) is 35.3 Å². The van der Waals surface area contributed by atoms with Crippen molar-refractivity contribution in [3.05, 3.63) is 23.8 Å². The monoisotopic (exact) mass is 233 g/mol. The maximum Gasteiger partial charge on any atom is 0.186 e. The largest absolute Gasteiger partial charge is 0.346 e. The van der Waals surface area contributed by atoms with Crippen molar-refractivity contribution in [2.75, 3.05) is 31.1 Å². The standard InChI is InChI=1S/C12H15N3S/c1-9-3-2-4-10-11(9)14-12(16-10)15-7-5-13-6-8-15/h2-4,13H,5-8H2,1H3. The lowest BCUT2D eigenvalue weighted by atomic mass is 10.2. The van der Waals surface area contributed by atoms with Gasteiger partial charge in [-0.15, -0.1) is 0 Å². The lowest BCUT2D eigenvalue weighted by Crippen LogP contribution is -2.43. The minimum atomic E-state index is 1.06. The smallest absolute Gasteiger partial charge is 0.186 e. The molecule has 1 saturated heterocycles. The van der Waals surface area contributed by atoms with Crippen LogP contribution in [0.1, 0.15) is 5.56 Å². The van der Waals surface area contributed by atoms with Gasteiger partial charge in [-0.25, -0.2) is 4.98 Å². The van der Waals surface area contributed by atoms with Crippen molar-refractivity contribution < 1.29 is 0 Å². The number of nitrogens with zero attached hydrogens (tertiary/aromatic N) is 2. The van der Waals surface area contributed by atoms with E-state index in [1.807, 2.05) is 0 Å². The van der Waals surface area contributed by atoms with Crippen LogP contribution in [0.4, 0.5) is 5.13 Å². The van der Waals surface area contributed by atoms with E-state index < -0.39 is 0 Å². The molecule has 16 heavy (non-hydrogen) atoms. The number of thiazole rings is 1. The Morgan fingerprint density at radius 1 is 1.31 bits per heavy atom. The van der Waals surface area contributed by atoms with Crippen LogP contribution in [0.3, 0.4) is 0 Å². The summed E-state index contributed by atoms with van der Waals surface area (Å²) in [7, 11) is 0. The molecule has 3 nitrogen and oxygen atoms in total. The summed E-state index contributed by atoms with van der Waals surface area (Å²) < 4.78 is 1.30. The van der Waals surface area contributed by atoms with Gasteiger partial charge in [0, 0.05) is 26.2 Å². The van der Waals surface area contributed by atoms with Crippen LogP contribution in [-0.4, -0.2) is 31.2 Å². The summed E-state index contributed by atoms with van der Waals surface area (Å²) in [6.45, 7) is 6.39. The Kier molecular flexibility index (Phi) is 2.53. The van der Waals surface area contributed by atoms with Gasteiger partial charge < -0.3 is 10.2 Å². The van der Waals surface area contributed by atoms with E-state index in [-0.39, 0.29) is 0 Å². The Balaban J connectivity index is 2.01. The SMILES string of the molecule is Cc1cccc2sc(N3CCNCC3)nc12. The maximum atomic E-state index is 4.75. The summed E-state index contributed by atoms with van der Waals surface area (Å²) in [4.78, 5) is 7.13. The Labute approximate surface area is 99.1 Å². The predicted octanol–water partition coefficient (Wildman–Crippen LogP) is 2.01. The number of nitrogens with one attached hydrogen (secondary N) is 1. The van der Waals surface area contributed by atoms with Gasteiger partial charge >= 0.3 is 0 Å². The second-order valence-corrected chi connectivity index (χ2v) is 5.16. The first-order valence-corrected chi connectivity index (χ1v) is 6.48. The molecule has 1 aliphatic rings. The fraction of sp³-hybridized carbons (Fsp3) is 0.417. The Hall–Kier alpha value is -1.13. The molecule has 84 valence electrons. The number of aryl methyl sites for hydroxylation is 1. The third-order valence-corrected chi connectivity index (χ3v) is 4.08. The second-order valence-electron chi connectivity index (χ2n) is 4.16. The Morgan fingerprint density at radius 2 is 2.12 bits per heavy atom. The van der Waals surface area contributed by atoms with Crippen LogP contribution in [0.15, 0.2) is 18.2 Å². The highest BCUT2D eigenvalue weighted by molar-refractivity contribution is 7.22. The first-order valence-electron chi connectivity index (χ1n) is 5.66. The van der Waals surface area contributed by atoms with Gasteiger partial charge in [0.25, 0.3) is 0 Å². The molecule has 1 N–H and O–H groups in total. The fourth-order valence-corrected chi connectivity index (χ4v) is 3.16. The zero-order valence-corrected chi connectivity index (χ0v) is 10.2. The summed E-state index contributed by atoms with van der Waals surface area (Å²) in [6.07, 6.45) is 0. The van der Waals surface area contributed by atoms with Crippen LogP contribution >= 0.6 is 11.3 Å². The summed E-state index contributed by atoms with van der Waals surface area (Å²) in [5.41, 5.74) is 2.44. The molecule has 4 heteroatoms. The minimum absolute atomic E-state index is 1.06. The van der Waals surface area contributed by atoms with Gasteiger partial charge in [-0.2, -0.15) is 0 Å². The number of hydrogen-bond acceptors (Lipinski definition) is 4. The van der Waals surface area contributed by atoms with E-state index in [0.717, 1.165) is 26.2 Å². The number of rotatable bonds is 1. The van der Waals surface area contributed by atoms with E-state index in [0.29, 0.717) is 0 Å². The number of fused-ring (bicyclic) bond motifs is 1. The minimum Gasteiger partial charge on any atom is -0.346 e. The molecule has 2 heterocycles. The molecule has 0 atom stereocenters. The zero-order chi connectivity index (χ0) is 11.0. The summed E-state index contributed by atoms with van der Waals surface area (Å²) in [5, 5.41) is 4.54. The van der Waals surface area contributed by atoms with Crippen LogP contribution in [0.5, 0.6) is 0 Å². The van der Waals surface area contributed by atoms with Gasteiger partial charge in [-0.05, 0) is 18.6 Å². The van der Waals surface area contributed by atoms with Gasteiger partial charge in [0.2, 0.25) is 0 Å². The van der Waals surface area contributed by atoms with Gasteiger partial charge in [-0.3, -0.25) is 0 Å². The summed E-state index contributed by atoms with van der Waals surface area (Å²) in [5.74, 6) is 0. The highest BCUT2D eigenvalue weighted by atomic mass is 32.1. The molecule has 0 bridgehead atoms. The molecule has 0 unspecified atom stereocenters. The average molecular weight is 233 g/mol. The molecule has 0 radical (unpaired) electrons. The number of anilines is 1. The molecule has 1 aliphatic heterocycles. The third-order valence-electron chi connectivity index (χ3n) is 3.00. The highest BCUT2D eigenvalue weighted by Gasteiger charge is 2.14. The lowest BCUT2D eigenvalue weighted by Gasteiger charge is -2.26. The number of para-hydroxylation sites is 1. The van der Waals surface area contributed by atoms with E-state index in [9.17, 15) is 0 Å². The quantitative estimate of drug-likeness (QED) is 0.816. The second kappa shape index (κ2) is 4.03. The molecule has 0 spiro atoms. The van der Waals surface area contributed by atoms with Crippen molar-refractivity contribution in [3.63, 3.8) is 0 Å². The third kappa shape index (κ3) is 1.68. The van der Waals surface area contributed by atoms with Gasteiger partial charge in [0.1, 0.15) is 0 Å². The van der Waals surface area contributed by atoms with Gasteiger partial charge in [0.05, 0.1) is 10.2 Å². The molecular weight excluding hydrogens is 218 g/mol. The topological polar surface area (TPSA) is 28.2 Å². The van der Waals surface area contributed by atoms with E-state index in [1.165, 1.54) is 20.9 Å². The van der Waals surface area contributed by atoms with Crippen LogP contribution in [0.2, 0.25) is 0 Å². The van der Waals surface area contributed by atoms with Crippen LogP contribution in [0, 0.1) is 6.92 Å². The molecule has 0 aliphatic carbocycles. The van der Waals surface area contributed by atoms with Crippen molar-refractivity contribution >= 4 is 26.7 Å². The number of aromatic nitrogens is 1. The van der Waals surface area contributed by atoms with E-state index in [4.69, 9.17) is 4.98 Å². The molecular formula is C12H15N3S. The molecule has 1 aromatic carbocycles. The van der Waals surface area contributed by atoms with Gasteiger partial charge in [-0.1, -0.05) is 23.5 Å². The molecule has 2 aromatic rings. The molecule has 1 fully saturated rings. The van der Waals surface area contributed by atoms with Crippen molar-refractivity contribution in [2.45, 2.75) is 6.92 Å². The van der Waals surface area contributed by atoms with Crippen LogP contribution in [0.25, 0.3) is 10.2 Å². The molecule has 1 aromatic heterocycles. The first kappa shape index (κ1) is 10.1. The normalized spacial score (nSPS) is 16.9. The van der Waals surface area contributed by atoms with Crippen LogP contribution < -0.4 is 10.2 Å². The predicted molar refractivity (Wildman–Crippen MR) is 69.4 cm³/mol.